The summed E-state index contributed by atoms with van der Waals surface area (Å²) in [5.41, 5.74) is 3.09. The van der Waals surface area contributed by atoms with Crippen molar-refractivity contribution in [1.29, 1.82) is 0 Å². The summed E-state index contributed by atoms with van der Waals surface area (Å²) in [7, 11) is 0. The maximum Gasteiger partial charge on any atom is 0.130 e. The van der Waals surface area contributed by atoms with Crippen LogP contribution in [0, 0.1) is 11.6 Å². The van der Waals surface area contributed by atoms with Crippen molar-refractivity contribution in [3.05, 3.63) is 40.6 Å². The first kappa shape index (κ1) is 10.6. The summed E-state index contributed by atoms with van der Waals surface area (Å²) < 4.78 is 0.654. The van der Waals surface area contributed by atoms with Gasteiger partial charge < -0.3 is 4.98 Å². The van der Waals surface area contributed by atoms with E-state index in [-0.39, 0.29) is 0 Å². The molecule has 0 bridgehead atoms. The molecule has 0 unspecified atom stereocenters. The van der Waals surface area contributed by atoms with E-state index in [1.807, 2.05) is 25.3 Å². The van der Waals surface area contributed by atoms with Crippen LogP contribution < -0.4 is 0 Å². The molecule has 0 spiro atoms. The molecule has 1 aliphatic rings. The standard InChI is InChI=1S/C13H13N3S/c1-8-2-3-10(7-14-8)11-6-12(17)16-13(15-11)9-4-5-9/h2-3,6-7,9H,4-5H2,1H3,(H,15,16,17). The lowest BCUT2D eigenvalue weighted by molar-refractivity contribution is 0.923. The lowest BCUT2D eigenvalue weighted by atomic mass is 10.2. The average Bonchev–Trinajstić information content (AvgIpc) is 3.13. The van der Waals surface area contributed by atoms with Gasteiger partial charge >= 0.3 is 0 Å². The van der Waals surface area contributed by atoms with Crippen LogP contribution in [0.25, 0.3) is 11.3 Å². The highest BCUT2D eigenvalue weighted by Gasteiger charge is 2.26. The highest BCUT2D eigenvalue weighted by molar-refractivity contribution is 7.71. The van der Waals surface area contributed by atoms with Crippen LogP contribution in [0.15, 0.2) is 24.4 Å². The van der Waals surface area contributed by atoms with E-state index in [1.165, 1.54) is 12.8 Å². The van der Waals surface area contributed by atoms with Crippen LogP contribution in [-0.2, 0) is 0 Å². The van der Waals surface area contributed by atoms with Gasteiger partial charge in [-0.1, -0.05) is 12.2 Å². The number of aromatic nitrogens is 3. The van der Waals surface area contributed by atoms with Gasteiger partial charge in [-0.05, 0) is 38.0 Å². The molecule has 0 amide bonds. The van der Waals surface area contributed by atoms with Gasteiger partial charge in [0.1, 0.15) is 10.5 Å². The lowest BCUT2D eigenvalue weighted by Crippen LogP contribution is -1.95. The van der Waals surface area contributed by atoms with Crippen molar-refractivity contribution in [2.45, 2.75) is 25.7 Å². The summed E-state index contributed by atoms with van der Waals surface area (Å²) in [4.78, 5) is 12.0. The van der Waals surface area contributed by atoms with Gasteiger partial charge in [0.25, 0.3) is 0 Å². The Hall–Kier alpha value is -1.55. The second-order valence-electron chi connectivity index (χ2n) is 4.48. The summed E-state index contributed by atoms with van der Waals surface area (Å²) in [5.74, 6) is 1.60. The summed E-state index contributed by atoms with van der Waals surface area (Å²) in [6.07, 6.45) is 4.30. The zero-order valence-corrected chi connectivity index (χ0v) is 10.4. The third kappa shape index (κ3) is 2.26. The maximum absolute atomic E-state index is 5.21. The smallest absolute Gasteiger partial charge is 0.130 e. The van der Waals surface area contributed by atoms with Crippen LogP contribution >= 0.6 is 12.2 Å². The van der Waals surface area contributed by atoms with Crippen LogP contribution in [0.3, 0.4) is 0 Å². The topological polar surface area (TPSA) is 41.6 Å². The molecule has 3 nitrogen and oxygen atoms in total. The van der Waals surface area contributed by atoms with Gasteiger partial charge in [-0.2, -0.15) is 0 Å². The first-order valence-corrected chi connectivity index (χ1v) is 6.17. The second-order valence-corrected chi connectivity index (χ2v) is 4.90. The lowest BCUT2D eigenvalue weighted by Gasteiger charge is -2.05. The van der Waals surface area contributed by atoms with Crippen LogP contribution in [0.4, 0.5) is 0 Å². The number of aryl methyl sites for hydroxylation is 1. The predicted molar refractivity (Wildman–Crippen MR) is 69.4 cm³/mol. The van der Waals surface area contributed by atoms with Crippen molar-refractivity contribution >= 4 is 12.2 Å². The van der Waals surface area contributed by atoms with Crippen molar-refractivity contribution < 1.29 is 0 Å². The van der Waals surface area contributed by atoms with Gasteiger partial charge in [-0.25, -0.2) is 4.98 Å². The molecule has 2 aromatic heterocycles. The summed E-state index contributed by atoms with van der Waals surface area (Å²) in [6, 6.07) is 5.95. The van der Waals surface area contributed by atoms with Crippen LogP contribution in [0.2, 0.25) is 0 Å². The van der Waals surface area contributed by atoms with E-state index in [9.17, 15) is 0 Å². The number of hydrogen-bond donors (Lipinski definition) is 1. The third-order valence-electron chi connectivity index (χ3n) is 2.95. The quantitative estimate of drug-likeness (QED) is 0.822. The summed E-state index contributed by atoms with van der Waals surface area (Å²) in [5, 5.41) is 0. The fourth-order valence-electron chi connectivity index (χ4n) is 1.81. The molecule has 86 valence electrons. The van der Waals surface area contributed by atoms with Gasteiger partial charge in [0.15, 0.2) is 0 Å². The fraction of sp³-hybridized carbons (Fsp3) is 0.308. The normalized spacial score (nSPS) is 14.9. The Kier molecular flexibility index (Phi) is 2.52. The van der Waals surface area contributed by atoms with E-state index in [2.05, 4.69) is 21.0 Å². The molecule has 4 heteroatoms. The van der Waals surface area contributed by atoms with E-state index >= 15 is 0 Å². The largest absolute Gasteiger partial charge is 0.343 e. The molecule has 0 atom stereocenters. The molecule has 1 saturated carbocycles. The Morgan fingerprint density at radius 3 is 2.82 bits per heavy atom. The number of pyridine rings is 1. The van der Waals surface area contributed by atoms with Crippen molar-refractivity contribution in [2.75, 3.05) is 0 Å². The molecule has 1 N–H and O–H groups in total. The Morgan fingerprint density at radius 1 is 1.35 bits per heavy atom. The number of aromatic amines is 1. The first-order chi connectivity index (χ1) is 8.22. The fourth-order valence-corrected chi connectivity index (χ4v) is 2.03. The number of nitrogens with zero attached hydrogens (tertiary/aromatic N) is 2. The van der Waals surface area contributed by atoms with E-state index in [0.717, 1.165) is 22.8 Å². The monoisotopic (exact) mass is 243 g/mol. The Labute approximate surface area is 105 Å². The average molecular weight is 243 g/mol. The van der Waals surface area contributed by atoms with Gasteiger partial charge in [0, 0.05) is 23.4 Å². The molecule has 0 aromatic carbocycles. The molecule has 1 aliphatic carbocycles. The molecule has 2 heterocycles. The van der Waals surface area contributed by atoms with E-state index < -0.39 is 0 Å². The van der Waals surface area contributed by atoms with Crippen molar-refractivity contribution in [3.63, 3.8) is 0 Å². The van der Waals surface area contributed by atoms with Gasteiger partial charge in [-0.15, -0.1) is 0 Å². The number of hydrogen-bond acceptors (Lipinski definition) is 3. The summed E-state index contributed by atoms with van der Waals surface area (Å²) in [6.45, 7) is 1.98. The van der Waals surface area contributed by atoms with Crippen molar-refractivity contribution in [3.8, 4) is 11.3 Å². The molecular weight excluding hydrogens is 230 g/mol. The van der Waals surface area contributed by atoms with E-state index in [4.69, 9.17) is 12.2 Å². The third-order valence-corrected chi connectivity index (χ3v) is 3.16. The van der Waals surface area contributed by atoms with Crippen LogP contribution in [0.5, 0.6) is 0 Å². The van der Waals surface area contributed by atoms with Crippen molar-refractivity contribution in [1.82, 2.24) is 15.0 Å². The molecular formula is C13H13N3S. The molecule has 17 heavy (non-hydrogen) atoms. The van der Waals surface area contributed by atoms with Crippen molar-refractivity contribution in [2.24, 2.45) is 0 Å². The summed E-state index contributed by atoms with van der Waals surface area (Å²) >= 11 is 5.21. The second kappa shape index (κ2) is 4.04. The Morgan fingerprint density at radius 2 is 2.18 bits per heavy atom. The highest BCUT2D eigenvalue weighted by atomic mass is 32.1. The maximum atomic E-state index is 5.21. The van der Waals surface area contributed by atoms with Gasteiger partial charge in [0.05, 0.1) is 5.69 Å². The number of H-pyrrole nitrogens is 1. The zero-order chi connectivity index (χ0) is 11.8. The Balaban J connectivity index is 2.07. The first-order valence-electron chi connectivity index (χ1n) is 5.77. The number of nitrogens with one attached hydrogen (secondary N) is 1. The number of rotatable bonds is 2. The zero-order valence-electron chi connectivity index (χ0n) is 9.60. The van der Waals surface area contributed by atoms with E-state index in [1.54, 1.807) is 0 Å². The van der Waals surface area contributed by atoms with E-state index in [0.29, 0.717) is 10.6 Å². The van der Waals surface area contributed by atoms with Crippen LogP contribution in [-0.4, -0.2) is 15.0 Å². The molecule has 0 radical (unpaired) electrons. The SMILES string of the molecule is Cc1ccc(-c2cc(=S)nc(C3CC3)[nH]2)cn1. The molecule has 1 fully saturated rings. The molecule has 2 aromatic rings. The predicted octanol–water partition coefficient (Wildman–Crippen LogP) is 3.39. The van der Waals surface area contributed by atoms with Gasteiger partial charge in [-0.3, -0.25) is 4.98 Å². The minimum Gasteiger partial charge on any atom is -0.343 e. The van der Waals surface area contributed by atoms with Gasteiger partial charge in [0.2, 0.25) is 0 Å². The molecule has 0 saturated heterocycles. The molecule has 3 rings (SSSR count). The minimum atomic E-state index is 0.579. The molecule has 0 aliphatic heterocycles. The minimum absolute atomic E-state index is 0.579. The Bertz CT molecular complexity index is 597. The van der Waals surface area contributed by atoms with Crippen LogP contribution in [0.1, 0.15) is 30.3 Å². The highest BCUT2D eigenvalue weighted by Crippen LogP contribution is 2.38.